The van der Waals surface area contributed by atoms with Crippen LogP contribution >= 0.6 is 11.6 Å². The fourth-order valence-electron chi connectivity index (χ4n) is 3.00. The van der Waals surface area contributed by atoms with Gasteiger partial charge in [0.05, 0.1) is 11.5 Å². The van der Waals surface area contributed by atoms with E-state index in [4.69, 9.17) is 16.0 Å². The second-order valence-electron chi connectivity index (χ2n) is 6.26. The molecule has 1 N–H and O–H groups in total. The van der Waals surface area contributed by atoms with Crippen molar-refractivity contribution in [2.45, 2.75) is 12.3 Å². The molecule has 0 saturated carbocycles. The molecule has 1 atom stereocenters. The number of carbonyl (C=O) groups is 2. The molecule has 0 radical (unpaired) electrons. The Hall–Kier alpha value is -3.26. The molecule has 142 valence electrons. The van der Waals surface area contributed by atoms with Crippen molar-refractivity contribution in [1.82, 2.24) is 10.2 Å². The molecule has 2 heterocycles. The van der Waals surface area contributed by atoms with Crippen LogP contribution in [0, 0.1) is 5.82 Å². The van der Waals surface area contributed by atoms with Crippen LogP contribution in [0.5, 0.6) is 0 Å². The topological polar surface area (TPSA) is 88.3 Å². The molecule has 9 heteroatoms. The van der Waals surface area contributed by atoms with Crippen LogP contribution in [-0.4, -0.2) is 28.6 Å². The van der Waals surface area contributed by atoms with Gasteiger partial charge >= 0.3 is 6.01 Å². The summed E-state index contributed by atoms with van der Waals surface area (Å²) in [6, 6.07) is 12.4. The van der Waals surface area contributed by atoms with E-state index in [9.17, 15) is 14.0 Å². The van der Waals surface area contributed by atoms with Gasteiger partial charge in [-0.1, -0.05) is 28.8 Å². The molecule has 0 aliphatic carbocycles. The predicted molar refractivity (Wildman–Crippen MR) is 99.8 cm³/mol. The monoisotopic (exact) mass is 400 g/mol. The van der Waals surface area contributed by atoms with Gasteiger partial charge in [0, 0.05) is 23.7 Å². The van der Waals surface area contributed by atoms with Crippen LogP contribution < -0.4 is 10.2 Å². The van der Waals surface area contributed by atoms with Gasteiger partial charge in [0.25, 0.3) is 5.91 Å². The maximum atomic E-state index is 13.7. The van der Waals surface area contributed by atoms with E-state index in [0.717, 1.165) is 5.69 Å². The number of anilines is 2. The first-order valence-electron chi connectivity index (χ1n) is 8.46. The SMILES string of the molecule is O=C(Nc1nnc(C2CC(=O)N(c3ccc(Cl)cc3)C2)o1)c1ccccc1F. The normalized spacial score (nSPS) is 16.4. The zero-order chi connectivity index (χ0) is 19.7. The van der Waals surface area contributed by atoms with Gasteiger partial charge < -0.3 is 9.32 Å². The fourth-order valence-corrected chi connectivity index (χ4v) is 3.13. The molecule has 2 aromatic carbocycles. The van der Waals surface area contributed by atoms with Crippen molar-refractivity contribution in [1.29, 1.82) is 0 Å². The van der Waals surface area contributed by atoms with Gasteiger partial charge in [-0.05, 0) is 36.4 Å². The third kappa shape index (κ3) is 3.59. The summed E-state index contributed by atoms with van der Waals surface area (Å²) in [4.78, 5) is 26.1. The molecule has 1 aliphatic heterocycles. The van der Waals surface area contributed by atoms with Crippen LogP contribution in [0.3, 0.4) is 0 Å². The molecule has 3 aromatic rings. The number of rotatable bonds is 4. The van der Waals surface area contributed by atoms with Crippen LogP contribution in [0.15, 0.2) is 52.9 Å². The average molecular weight is 401 g/mol. The minimum atomic E-state index is -0.696. The van der Waals surface area contributed by atoms with Gasteiger partial charge in [-0.3, -0.25) is 14.9 Å². The number of nitrogens with zero attached hydrogens (tertiary/aromatic N) is 3. The number of hydrogen-bond donors (Lipinski definition) is 1. The smallest absolute Gasteiger partial charge is 0.322 e. The van der Waals surface area contributed by atoms with Gasteiger partial charge in [0.15, 0.2) is 0 Å². The first-order chi connectivity index (χ1) is 13.5. The Labute approximate surface area is 164 Å². The van der Waals surface area contributed by atoms with Gasteiger partial charge in [-0.25, -0.2) is 4.39 Å². The van der Waals surface area contributed by atoms with Crippen LogP contribution in [0.1, 0.15) is 28.6 Å². The van der Waals surface area contributed by atoms with E-state index in [0.29, 0.717) is 11.6 Å². The first kappa shape index (κ1) is 18.1. The van der Waals surface area contributed by atoms with E-state index in [1.54, 1.807) is 35.2 Å². The largest absolute Gasteiger partial charge is 0.407 e. The molecular formula is C19H14ClFN4O3. The summed E-state index contributed by atoms with van der Waals surface area (Å²) in [5.74, 6) is -1.51. The predicted octanol–water partition coefficient (Wildman–Crippen LogP) is 3.63. The molecule has 1 unspecified atom stereocenters. The van der Waals surface area contributed by atoms with Crippen molar-refractivity contribution in [3.63, 3.8) is 0 Å². The Bertz CT molecular complexity index is 1040. The molecule has 0 spiro atoms. The molecule has 7 nitrogen and oxygen atoms in total. The molecule has 1 aliphatic rings. The second-order valence-corrected chi connectivity index (χ2v) is 6.70. The van der Waals surface area contributed by atoms with Crippen molar-refractivity contribution in [3.05, 3.63) is 70.8 Å². The number of benzene rings is 2. The lowest BCUT2D eigenvalue weighted by Gasteiger charge is -2.16. The van der Waals surface area contributed by atoms with Crippen molar-refractivity contribution in [3.8, 4) is 0 Å². The quantitative estimate of drug-likeness (QED) is 0.722. The number of nitrogens with one attached hydrogen (secondary N) is 1. The summed E-state index contributed by atoms with van der Waals surface area (Å²) in [6.45, 7) is 0.364. The van der Waals surface area contributed by atoms with Crippen molar-refractivity contribution < 1.29 is 18.4 Å². The van der Waals surface area contributed by atoms with Crippen LogP contribution in [0.2, 0.25) is 5.02 Å². The highest BCUT2D eigenvalue weighted by atomic mass is 35.5. The summed E-state index contributed by atoms with van der Waals surface area (Å²) in [5.41, 5.74) is 0.594. The van der Waals surface area contributed by atoms with Gasteiger partial charge in [-0.15, -0.1) is 5.10 Å². The fraction of sp³-hybridized carbons (Fsp3) is 0.158. The Morgan fingerprint density at radius 2 is 1.93 bits per heavy atom. The van der Waals surface area contributed by atoms with Crippen LogP contribution in [-0.2, 0) is 4.79 Å². The Morgan fingerprint density at radius 3 is 2.68 bits per heavy atom. The highest BCUT2D eigenvalue weighted by Gasteiger charge is 2.35. The van der Waals surface area contributed by atoms with Crippen molar-refractivity contribution in [2.75, 3.05) is 16.8 Å². The zero-order valence-corrected chi connectivity index (χ0v) is 15.2. The van der Waals surface area contributed by atoms with E-state index in [1.807, 2.05) is 0 Å². The summed E-state index contributed by atoms with van der Waals surface area (Å²) in [6.07, 6.45) is 0.200. The van der Waals surface area contributed by atoms with Crippen molar-refractivity contribution in [2.24, 2.45) is 0 Å². The summed E-state index contributed by atoms with van der Waals surface area (Å²) >= 11 is 5.88. The van der Waals surface area contributed by atoms with Gasteiger partial charge in [0.2, 0.25) is 11.8 Å². The molecule has 1 aromatic heterocycles. The van der Waals surface area contributed by atoms with Gasteiger partial charge in [-0.2, -0.15) is 0 Å². The standard InChI is InChI=1S/C19H14ClFN4O3/c20-12-5-7-13(8-6-12)25-10-11(9-16(25)26)18-23-24-19(28-18)22-17(27)14-3-1-2-4-15(14)21/h1-8,11H,9-10H2,(H,22,24,27). The van der Waals surface area contributed by atoms with Crippen molar-refractivity contribution >= 4 is 35.1 Å². The number of hydrogen-bond acceptors (Lipinski definition) is 5. The lowest BCUT2D eigenvalue weighted by molar-refractivity contribution is -0.117. The van der Waals surface area contributed by atoms with E-state index in [-0.39, 0.29) is 35.7 Å². The highest BCUT2D eigenvalue weighted by Crippen LogP contribution is 2.32. The Balaban J connectivity index is 1.46. The Kier molecular flexibility index (Phi) is 4.79. The maximum Gasteiger partial charge on any atom is 0.322 e. The van der Waals surface area contributed by atoms with E-state index < -0.39 is 11.7 Å². The zero-order valence-electron chi connectivity index (χ0n) is 14.4. The molecular weight excluding hydrogens is 387 g/mol. The number of aromatic nitrogens is 2. The minimum Gasteiger partial charge on any atom is -0.407 e. The first-order valence-corrected chi connectivity index (χ1v) is 8.84. The molecule has 1 saturated heterocycles. The summed E-state index contributed by atoms with van der Waals surface area (Å²) in [7, 11) is 0. The molecule has 28 heavy (non-hydrogen) atoms. The number of halogens is 2. The van der Waals surface area contributed by atoms with Gasteiger partial charge in [0.1, 0.15) is 5.82 Å². The molecule has 4 rings (SSSR count). The lowest BCUT2D eigenvalue weighted by atomic mass is 10.1. The van der Waals surface area contributed by atoms with E-state index in [1.165, 1.54) is 18.2 Å². The molecule has 2 amide bonds. The van der Waals surface area contributed by atoms with Crippen LogP contribution in [0.25, 0.3) is 0 Å². The summed E-state index contributed by atoms with van der Waals surface area (Å²) in [5, 5.41) is 10.6. The lowest BCUT2D eigenvalue weighted by Crippen LogP contribution is -2.24. The maximum absolute atomic E-state index is 13.7. The Morgan fingerprint density at radius 1 is 1.18 bits per heavy atom. The highest BCUT2D eigenvalue weighted by molar-refractivity contribution is 6.30. The summed E-state index contributed by atoms with van der Waals surface area (Å²) < 4.78 is 19.2. The van der Waals surface area contributed by atoms with Crippen LogP contribution in [0.4, 0.5) is 16.1 Å². The molecule has 0 bridgehead atoms. The van der Waals surface area contributed by atoms with E-state index >= 15 is 0 Å². The van der Waals surface area contributed by atoms with E-state index in [2.05, 4.69) is 15.5 Å². The molecule has 1 fully saturated rings. The second kappa shape index (κ2) is 7.40. The third-order valence-corrected chi connectivity index (χ3v) is 4.64. The average Bonchev–Trinajstić information content (AvgIpc) is 3.29. The number of carbonyl (C=O) groups excluding carboxylic acids is 2. The number of amides is 2. The third-order valence-electron chi connectivity index (χ3n) is 4.39. The minimum absolute atomic E-state index is 0.0811.